The third-order valence-electron chi connectivity index (χ3n) is 5.48. The van der Waals surface area contributed by atoms with E-state index < -0.39 is 46.1 Å². The number of halogens is 3. The average Bonchev–Trinajstić information content (AvgIpc) is 2.88. The summed E-state index contributed by atoms with van der Waals surface area (Å²) in [6.07, 6.45) is 0. The summed E-state index contributed by atoms with van der Waals surface area (Å²) in [5, 5.41) is 2.14. The first kappa shape index (κ1) is 27.1. The number of nitrogens with one attached hydrogen (secondary N) is 1. The normalized spacial score (nSPS) is 12.0. The van der Waals surface area contributed by atoms with Gasteiger partial charge >= 0.3 is 0 Å². The molecule has 0 saturated carbocycles. The van der Waals surface area contributed by atoms with Gasteiger partial charge in [-0.25, -0.2) is 17.2 Å². The maximum Gasteiger partial charge on any atom is 0.264 e. The third-order valence-corrected chi connectivity index (χ3v) is 7.56. The third kappa shape index (κ3) is 6.19. The lowest BCUT2D eigenvalue weighted by molar-refractivity contribution is -0.139. The van der Waals surface area contributed by atoms with Gasteiger partial charge in [-0.3, -0.25) is 13.9 Å². The maximum atomic E-state index is 13.8. The summed E-state index contributed by atoms with van der Waals surface area (Å²) in [5.74, 6) is -2.41. The van der Waals surface area contributed by atoms with E-state index in [4.69, 9.17) is 11.6 Å². The monoisotopic (exact) mass is 535 g/mol. The number of benzene rings is 3. The van der Waals surface area contributed by atoms with Gasteiger partial charge in [0, 0.05) is 13.6 Å². The molecule has 0 heterocycles. The summed E-state index contributed by atoms with van der Waals surface area (Å²) >= 11 is 5.91. The molecule has 190 valence electrons. The first-order chi connectivity index (χ1) is 17.0. The second kappa shape index (κ2) is 11.5. The van der Waals surface area contributed by atoms with Crippen LogP contribution in [0.5, 0.6) is 0 Å². The first-order valence-electron chi connectivity index (χ1n) is 10.8. The minimum absolute atomic E-state index is 0.0343. The number of hydrogen-bond donors (Lipinski definition) is 1. The van der Waals surface area contributed by atoms with E-state index in [2.05, 4.69) is 5.32 Å². The molecule has 36 heavy (non-hydrogen) atoms. The van der Waals surface area contributed by atoms with Crippen LogP contribution in [0.4, 0.5) is 14.5 Å². The molecule has 0 saturated heterocycles. The van der Waals surface area contributed by atoms with Crippen LogP contribution < -0.4 is 9.62 Å². The summed E-state index contributed by atoms with van der Waals surface area (Å²) in [7, 11) is -2.88. The summed E-state index contributed by atoms with van der Waals surface area (Å²) in [4.78, 5) is 27.0. The van der Waals surface area contributed by atoms with Crippen LogP contribution >= 0.6 is 11.6 Å². The van der Waals surface area contributed by atoms with Crippen molar-refractivity contribution in [1.82, 2.24) is 10.2 Å². The Labute approximate surface area is 213 Å². The van der Waals surface area contributed by atoms with E-state index in [0.717, 1.165) is 16.4 Å². The zero-order chi connectivity index (χ0) is 26.5. The second-order valence-electron chi connectivity index (χ2n) is 7.86. The minimum Gasteiger partial charge on any atom is -0.357 e. The van der Waals surface area contributed by atoms with E-state index in [-0.39, 0.29) is 22.2 Å². The summed E-state index contributed by atoms with van der Waals surface area (Å²) in [6, 6.07) is 15.1. The van der Waals surface area contributed by atoms with Crippen LogP contribution in [0.1, 0.15) is 12.5 Å². The lowest BCUT2D eigenvalue weighted by Gasteiger charge is -2.31. The van der Waals surface area contributed by atoms with Crippen molar-refractivity contribution in [2.45, 2.75) is 24.4 Å². The van der Waals surface area contributed by atoms with Crippen LogP contribution in [0.25, 0.3) is 0 Å². The summed E-state index contributed by atoms with van der Waals surface area (Å²) < 4.78 is 55.1. The quantitative estimate of drug-likeness (QED) is 0.449. The number of rotatable bonds is 9. The van der Waals surface area contributed by atoms with Crippen molar-refractivity contribution in [2.24, 2.45) is 0 Å². The van der Waals surface area contributed by atoms with E-state index in [0.29, 0.717) is 5.56 Å². The van der Waals surface area contributed by atoms with Gasteiger partial charge in [-0.15, -0.1) is 0 Å². The van der Waals surface area contributed by atoms with Crippen molar-refractivity contribution in [2.75, 3.05) is 17.9 Å². The van der Waals surface area contributed by atoms with Gasteiger partial charge < -0.3 is 10.2 Å². The van der Waals surface area contributed by atoms with Crippen molar-refractivity contribution in [3.63, 3.8) is 0 Å². The van der Waals surface area contributed by atoms with Crippen molar-refractivity contribution in [3.8, 4) is 0 Å². The highest BCUT2D eigenvalue weighted by atomic mass is 35.5. The molecule has 0 fully saturated rings. The van der Waals surface area contributed by atoms with Crippen molar-refractivity contribution >= 4 is 39.1 Å². The predicted octanol–water partition coefficient (Wildman–Crippen LogP) is 3.98. The number of hydrogen-bond acceptors (Lipinski definition) is 4. The van der Waals surface area contributed by atoms with E-state index in [1.807, 2.05) is 0 Å². The van der Waals surface area contributed by atoms with Crippen LogP contribution in [-0.2, 0) is 26.2 Å². The molecule has 0 aliphatic rings. The van der Waals surface area contributed by atoms with Crippen molar-refractivity contribution in [3.05, 3.63) is 95.0 Å². The highest BCUT2D eigenvalue weighted by molar-refractivity contribution is 7.92. The van der Waals surface area contributed by atoms with Gasteiger partial charge in [0.2, 0.25) is 11.8 Å². The Morgan fingerprint density at radius 2 is 1.64 bits per heavy atom. The SMILES string of the molecule is CNC(=O)[C@@H](C)N(Cc1ccc(F)cc1)C(=O)CN(c1ccc(F)c(Cl)c1)S(=O)(=O)c1ccccc1. The highest BCUT2D eigenvalue weighted by Gasteiger charge is 2.32. The Morgan fingerprint density at radius 1 is 1.00 bits per heavy atom. The Morgan fingerprint density at radius 3 is 2.22 bits per heavy atom. The zero-order valence-electron chi connectivity index (χ0n) is 19.5. The van der Waals surface area contributed by atoms with Crippen LogP contribution in [-0.4, -0.2) is 44.8 Å². The molecule has 0 bridgehead atoms. The topological polar surface area (TPSA) is 86.8 Å². The van der Waals surface area contributed by atoms with Crippen molar-refractivity contribution < 1.29 is 26.8 Å². The van der Waals surface area contributed by atoms with Gasteiger partial charge in [0.05, 0.1) is 15.6 Å². The molecule has 0 unspecified atom stereocenters. The molecule has 1 atom stereocenters. The number of sulfonamides is 1. The van der Waals surface area contributed by atoms with Crippen LogP contribution in [0.15, 0.2) is 77.7 Å². The molecule has 3 aromatic carbocycles. The van der Waals surface area contributed by atoms with Gasteiger partial charge in [0.25, 0.3) is 10.0 Å². The highest BCUT2D eigenvalue weighted by Crippen LogP contribution is 2.28. The lowest BCUT2D eigenvalue weighted by atomic mass is 10.1. The van der Waals surface area contributed by atoms with Gasteiger partial charge in [-0.05, 0) is 55.0 Å². The predicted molar refractivity (Wildman–Crippen MR) is 133 cm³/mol. The number of amides is 2. The molecule has 3 aromatic rings. The zero-order valence-corrected chi connectivity index (χ0v) is 21.1. The smallest absolute Gasteiger partial charge is 0.264 e. The second-order valence-corrected chi connectivity index (χ2v) is 10.1. The van der Waals surface area contributed by atoms with Gasteiger partial charge in [-0.2, -0.15) is 0 Å². The molecule has 0 aliphatic heterocycles. The molecular formula is C25H24ClF2N3O4S. The Balaban J connectivity index is 2.04. The van der Waals surface area contributed by atoms with E-state index in [9.17, 15) is 26.8 Å². The number of likely N-dealkylation sites (N-methyl/N-ethyl adjacent to an activating group) is 1. The number of nitrogens with zero attached hydrogens (tertiary/aromatic N) is 2. The fourth-order valence-corrected chi connectivity index (χ4v) is 5.07. The Hall–Kier alpha value is -3.50. The lowest BCUT2D eigenvalue weighted by Crippen LogP contribution is -2.50. The number of anilines is 1. The maximum absolute atomic E-state index is 13.8. The fourth-order valence-electron chi connectivity index (χ4n) is 3.47. The van der Waals surface area contributed by atoms with Gasteiger partial charge in [0.15, 0.2) is 0 Å². The van der Waals surface area contributed by atoms with E-state index in [1.165, 1.54) is 73.5 Å². The Kier molecular flexibility index (Phi) is 8.65. The molecule has 0 radical (unpaired) electrons. The van der Waals surface area contributed by atoms with E-state index >= 15 is 0 Å². The molecule has 7 nitrogen and oxygen atoms in total. The van der Waals surface area contributed by atoms with Crippen LogP contribution in [0.2, 0.25) is 5.02 Å². The molecule has 0 spiro atoms. The summed E-state index contributed by atoms with van der Waals surface area (Å²) in [6.45, 7) is 0.698. The fraction of sp³-hybridized carbons (Fsp3) is 0.200. The van der Waals surface area contributed by atoms with Crippen LogP contribution in [0.3, 0.4) is 0 Å². The largest absolute Gasteiger partial charge is 0.357 e. The van der Waals surface area contributed by atoms with Gasteiger partial charge in [0.1, 0.15) is 24.2 Å². The average molecular weight is 536 g/mol. The summed E-state index contributed by atoms with van der Waals surface area (Å²) in [5.41, 5.74) is 0.496. The van der Waals surface area contributed by atoms with Crippen LogP contribution in [0, 0.1) is 11.6 Å². The van der Waals surface area contributed by atoms with E-state index in [1.54, 1.807) is 6.07 Å². The molecule has 11 heteroatoms. The molecule has 0 aliphatic carbocycles. The minimum atomic E-state index is -4.29. The standard InChI is InChI=1S/C25H24ClF2N3O4S/c1-17(25(33)29-2)30(15-18-8-10-19(27)11-9-18)24(32)16-31(20-12-13-23(28)22(26)14-20)36(34,35)21-6-4-3-5-7-21/h3-14,17H,15-16H2,1-2H3,(H,29,33)/t17-/m1/s1. The molecule has 2 amide bonds. The number of carbonyl (C=O) groups is 2. The van der Waals surface area contributed by atoms with Gasteiger partial charge in [-0.1, -0.05) is 41.9 Å². The Bertz CT molecular complexity index is 1340. The number of carbonyl (C=O) groups excluding carboxylic acids is 2. The molecule has 0 aromatic heterocycles. The molecule has 3 rings (SSSR count). The first-order valence-corrected chi connectivity index (χ1v) is 12.6. The van der Waals surface area contributed by atoms with Crippen molar-refractivity contribution in [1.29, 1.82) is 0 Å². The molecule has 1 N–H and O–H groups in total. The molecular weight excluding hydrogens is 512 g/mol.